The van der Waals surface area contributed by atoms with Crippen molar-refractivity contribution in [2.45, 2.75) is 50.7 Å². The van der Waals surface area contributed by atoms with Gasteiger partial charge in [-0.3, -0.25) is 4.79 Å². The van der Waals surface area contributed by atoms with Crippen LogP contribution in [0.5, 0.6) is 0 Å². The van der Waals surface area contributed by atoms with Gasteiger partial charge in [-0.25, -0.2) is 4.79 Å². The number of carbonyl (C=O) groups excluding carboxylic acids is 2. The molecular weight excluding hydrogens is 360 g/mol. The van der Waals surface area contributed by atoms with Crippen LogP contribution < -0.4 is 5.32 Å². The van der Waals surface area contributed by atoms with Crippen LogP contribution in [0.4, 0.5) is 0 Å². The van der Waals surface area contributed by atoms with Gasteiger partial charge in [0.25, 0.3) is 5.91 Å². The van der Waals surface area contributed by atoms with Crippen LogP contribution in [-0.2, 0) is 9.53 Å². The molecule has 6 heteroatoms. The Hall–Kier alpha value is -1.87. The van der Waals surface area contributed by atoms with E-state index >= 15 is 0 Å². The molecule has 1 fully saturated rings. The molecule has 1 aromatic carbocycles. The maximum atomic E-state index is 12.3. The van der Waals surface area contributed by atoms with Crippen LogP contribution in [-0.4, -0.2) is 23.5 Å². The van der Waals surface area contributed by atoms with Crippen LogP contribution in [0.3, 0.4) is 0 Å². The first-order valence-corrected chi connectivity index (χ1v) is 8.45. The second kappa shape index (κ2) is 7.60. The summed E-state index contributed by atoms with van der Waals surface area (Å²) >= 11 is 3.28. The standard InChI is InChI=1S/C17H19BrN2O3/c1-12(23-16(22)13-6-5-7-14(18)10-13)15(21)20-17(11-19)8-3-2-4-9-17/h5-7,10,12H,2-4,8-9H2,1H3,(H,20,21)/t12-/m1/s1. The fraction of sp³-hybridized carbons (Fsp3) is 0.471. The van der Waals surface area contributed by atoms with Gasteiger partial charge in [0.2, 0.25) is 0 Å². The number of nitriles is 1. The molecule has 1 aliphatic carbocycles. The van der Waals surface area contributed by atoms with Crippen molar-refractivity contribution in [2.24, 2.45) is 0 Å². The van der Waals surface area contributed by atoms with Gasteiger partial charge in [-0.1, -0.05) is 41.3 Å². The lowest BCUT2D eigenvalue weighted by atomic mass is 9.83. The fourth-order valence-electron chi connectivity index (χ4n) is 2.66. The number of nitrogens with one attached hydrogen (secondary N) is 1. The Morgan fingerprint density at radius 1 is 1.35 bits per heavy atom. The van der Waals surface area contributed by atoms with Crippen molar-refractivity contribution >= 4 is 27.8 Å². The van der Waals surface area contributed by atoms with Crippen LogP contribution in [0.25, 0.3) is 0 Å². The molecule has 1 atom stereocenters. The molecule has 1 N–H and O–H groups in total. The zero-order valence-electron chi connectivity index (χ0n) is 13.0. The summed E-state index contributed by atoms with van der Waals surface area (Å²) in [6.45, 7) is 1.51. The Morgan fingerprint density at radius 3 is 2.65 bits per heavy atom. The van der Waals surface area contributed by atoms with E-state index in [1.165, 1.54) is 6.92 Å². The predicted octanol–water partition coefficient (Wildman–Crippen LogP) is 3.34. The molecular formula is C17H19BrN2O3. The van der Waals surface area contributed by atoms with Gasteiger partial charge in [0.15, 0.2) is 6.10 Å². The Kier molecular flexibility index (Phi) is 5.78. The summed E-state index contributed by atoms with van der Waals surface area (Å²) in [7, 11) is 0. The zero-order chi connectivity index (χ0) is 16.9. The molecule has 0 bridgehead atoms. The minimum Gasteiger partial charge on any atom is -0.449 e. The number of carbonyl (C=O) groups is 2. The number of hydrogen-bond donors (Lipinski definition) is 1. The van der Waals surface area contributed by atoms with Gasteiger partial charge >= 0.3 is 5.97 Å². The highest BCUT2D eigenvalue weighted by atomic mass is 79.9. The van der Waals surface area contributed by atoms with Crippen molar-refractivity contribution in [3.63, 3.8) is 0 Å². The molecule has 0 aromatic heterocycles. The number of benzene rings is 1. The van der Waals surface area contributed by atoms with Gasteiger partial charge in [-0.2, -0.15) is 5.26 Å². The number of halogens is 1. The minimum atomic E-state index is -0.950. The van der Waals surface area contributed by atoms with E-state index in [1.54, 1.807) is 24.3 Å². The monoisotopic (exact) mass is 378 g/mol. The van der Waals surface area contributed by atoms with Crippen LogP contribution >= 0.6 is 15.9 Å². The molecule has 1 aliphatic rings. The van der Waals surface area contributed by atoms with Crippen molar-refractivity contribution < 1.29 is 14.3 Å². The van der Waals surface area contributed by atoms with Gasteiger partial charge in [0, 0.05) is 4.47 Å². The van der Waals surface area contributed by atoms with Crippen molar-refractivity contribution in [3.8, 4) is 6.07 Å². The lowest BCUT2D eigenvalue weighted by molar-refractivity contribution is -0.130. The lowest BCUT2D eigenvalue weighted by Crippen LogP contribution is -2.52. The number of nitrogens with zero attached hydrogens (tertiary/aromatic N) is 1. The first kappa shape index (κ1) is 17.5. The topological polar surface area (TPSA) is 79.2 Å². The number of amides is 1. The molecule has 122 valence electrons. The summed E-state index contributed by atoms with van der Waals surface area (Å²) in [4.78, 5) is 24.3. The van der Waals surface area contributed by atoms with E-state index in [0.717, 1.165) is 23.7 Å². The molecule has 1 saturated carbocycles. The Morgan fingerprint density at radius 2 is 2.04 bits per heavy atom. The lowest BCUT2D eigenvalue weighted by Gasteiger charge is -2.32. The van der Waals surface area contributed by atoms with Gasteiger partial charge in [0.05, 0.1) is 11.6 Å². The summed E-state index contributed by atoms with van der Waals surface area (Å²) < 4.78 is 5.96. The summed E-state index contributed by atoms with van der Waals surface area (Å²) in [5.41, 5.74) is -0.460. The molecule has 2 rings (SSSR count). The quantitative estimate of drug-likeness (QED) is 0.814. The zero-order valence-corrected chi connectivity index (χ0v) is 14.6. The van der Waals surface area contributed by atoms with Gasteiger partial charge < -0.3 is 10.1 Å². The highest BCUT2D eigenvalue weighted by molar-refractivity contribution is 9.10. The number of esters is 1. The molecule has 0 radical (unpaired) electrons. The Labute approximate surface area is 144 Å². The van der Waals surface area contributed by atoms with Crippen molar-refractivity contribution in [1.29, 1.82) is 5.26 Å². The highest BCUT2D eigenvalue weighted by Gasteiger charge is 2.35. The van der Waals surface area contributed by atoms with E-state index in [-0.39, 0.29) is 0 Å². The van der Waals surface area contributed by atoms with E-state index < -0.39 is 23.5 Å². The van der Waals surface area contributed by atoms with Crippen molar-refractivity contribution in [2.75, 3.05) is 0 Å². The second-order valence-corrected chi connectivity index (χ2v) is 6.72. The number of rotatable bonds is 4. The molecule has 0 heterocycles. The third-order valence-corrected chi connectivity index (χ3v) is 4.49. The third kappa shape index (κ3) is 4.55. The third-order valence-electron chi connectivity index (χ3n) is 4.00. The maximum Gasteiger partial charge on any atom is 0.338 e. The first-order chi connectivity index (χ1) is 11.0. The summed E-state index contributed by atoms with van der Waals surface area (Å²) in [5.74, 6) is -1.000. The van der Waals surface area contributed by atoms with Crippen molar-refractivity contribution in [1.82, 2.24) is 5.32 Å². The van der Waals surface area contributed by atoms with Crippen molar-refractivity contribution in [3.05, 3.63) is 34.3 Å². The van der Waals surface area contributed by atoms with Gasteiger partial charge in [-0.15, -0.1) is 0 Å². The van der Waals surface area contributed by atoms with E-state index in [2.05, 4.69) is 27.3 Å². The van der Waals surface area contributed by atoms with Gasteiger partial charge in [-0.05, 0) is 38.0 Å². The molecule has 0 aliphatic heterocycles. The smallest absolute Gasteiger partial charge is 0.338 e. The van der Waals surface area contributed by atoms with Crippen LogP contribution in [0, 0.1) is 11.3 Å². The fourth-order valence-corrected chi connectivity index (χ4v) is 3.05. The van der Waals surface area contributed by atoms with Crippen LogP contribution in [0.1, 0.15) is 49.4 Å². The normalized spacial score (nSPS) is 17.6. The molecule has 1 aromatic rings. The largest absolute Gasteiger partial charge is 0.449 e. The second-order valence-electron chi connectivity index (χ2n) is 5.80. The minimum absolute atomic E-state index is 0.367. The molecule has 0 saturated heterocycles. The molecule has 1 amide bonds. The first-order valence-electron chi connectivity index (χ1n) is 7.66. The summed E-state index contributed by atoms with van der Waals surface area (Å²) in [5, 5.41) is 12.1. The summed E-state index contributed by atoms with van der Waals surface area (Å²) in [6, 6.07) is 8.99. The maximum absolute atomic E-state index is 12.3. The molecule has 23 heavy (non-hydrogen) atoms. The SMILES string of the molecule is C[C@@H](OC(=O)c1cccc(Br)c1)C(=O)NC1(C#N)CCCCC1. The highest BCUT2D eigenvalue weighted by Crippen LogP contribution is 2.27. The van der Waals surface area contributed by atoms with Gasteiger partial charge in [0.1, 0.15) is 5.54 Å². The van der Waals surface area contributed by atoms with E-state index in [4.69, 9.17) is 4.74 Å². The van der Waals surface area contributed by atoms with Crippen LogP contribution in [0.2, 0.25) is 0 Å². The summed E-state index contributed by atoms with van der Waals surface area (Å²) in [6.07, 6.45) is 3.24. The Balaban J connectivity index is 1.97. The van der Waals surface area contributed by atoms with Crippen LogP contribution in [0.15, 0.2) is 28.7 Å². The average Bonchev–Trinajstić information content (AvgIpc) is 2.55. The average molecular weight is 379 g/mol. The Bertz CT molecular complexity index is 633. The number of ether oxygens (including phenoxy) is 1. The van der Waals surface area contributed by atoms with E-state index in [9.17, 15) is 14.9 Å². The molecule has 5 nitrogen and oxygen atoms in total. The molecule has 0 spiro atoms. The van der Waals surface area contributed by atoms with E-state index in [0.29, 0.717) is 18.4 Å². The number of hydrogen-bond acceptors (Lipinski definition) is 4. The molecule has 0 unspecified atom stereocenters. The predicted molar refractivity (Wildman–Crippen MR) is 88.6 cm³/mol. The van der Waals surface area contributed by atoms with E-state index in [1.807, 2.05) is 0 Å².